The Morgan fingerprint density at radius 2 is 1.64 bits per heavy atom. The molecule has 1 atom stereocenters. The highest BCUT2D eigenvalue weighted by atomic mass is 19.4. The summed E-state index contributed by atoms with van der Waals surface area (Å²) in [6.07, 6.45) is -4.25. The molecule has 0 saturated carbocycles. The second-order valence-electron chi connectivity index (χ2n) is 3.13. The van der Waals surface area contributed by atoms with E-state index in [9.17, 15) is 13.2 Å². The van der Waals surface area contributed by atoms with Crippen molar-refractivity contribution in [3.8, 4) is 0 Å². The number of hydrogen-bond donors (Lipinski definition) is 1. The smallest absolute Gasteiger partial charge is 0.313 e. The Balaban J connectivity index is 2.89. The molecule has 1 aromatic rings. The molecular weight excluding hydrogens is 191 g/mol. The minimum Gasteiger partial charge on any atom is -0.313 e. The van der Waals surface area contributed by atoms with E-state index in [0.29, 0.717) is 0 Å². The largest absolute Gasteiger partial charge is 0.416 e. The van der Waals surface area contributed by atoms with Crippen molar-refractivity contribution in [1.82, 2.24) is 5.32 Å². The van der Waals surface area contributed by atoms with Crippen molar-refractivity contribution in [2.24, 2.45) is 0 Å². The first-order valence-electron chi connectivity index (χ1n) is 4.29. The molecule has 0 aliphatic carbocycles. The van der Waals surface area contributed by atoms with Crippen molar-refractivity contribution < 1.29 is 13.2 Å². The minimum absolute atomic E-state index is 0.0669. The van der Waals surface area contributed by atoms with Crippen LogP contribution in [0.3, 0.4) is 0 Å². The Hall–Kier alpha value is -1.03. The molecule has 1 nitrogen and oxygen atoms in total. The molecule has 0 heterocycles. The fourth-order valence-corrected chi connectivity index (χ4v) is 1.13. The lowest BCUT2D eigenvalue weighted by Gasteiger charge is -2.12. The molecule has 0 aliphatic rings. The molecule has 1 rings (SSSR count). The molecule has 0 bridgehead atoms. The summed E-state index contributed by atoms with van der Waals surface area (Å²) in [4.78, 5) is 0. The van der Waals surface area contributed by atoms with Crippen LogP contribution >= 0.6 is 0 Å². The highest BCUT2D eigenvalue weighted by Gasteiger charge is 2.29. The van der Waals surface area contributed by atoms with E-state index in [1.807, 2.05) is 6.92 Å². The van der Waals surface area contributed by atoms with Crippen molar-refractivity contribution in [1.29, 1.82) is 0 Å². The molecule has 0 aliphatic heterocycles. The van der Waals surface area contributed by atoms with Crippen LogP contribution in [0.4, 0.5) is 13.2 Å². The number of rotatable bonds is 2. The molecule has 14 heavy (non-hydrogen) atoms. The number of alkyl halides is 3. The number of hydrogen-bond acceptors (Lipinski definition) is 1. The van der Waals surface area contributed by atoms with Gasteiger partial charge in [-0.3, -0.25) is 0 Å². The van der Waals surface area contributed by atoms with Gasteiger partial charge in [0.25, 0.3) is 0 Å². The van der Waals surface area contributed by atoms with Gasteiger partial charge in [0, 0.05) is 6.04 Å². The monoisotopic (exact) mass is 203 g/mol. The maximum absolute atomic E-state index is 12.2. The molecule has 78 valence electrons. The first kappa shape index (κ1) is 11.0. The van der Waals surface area contributed by atoms with Gasteiger partial charge in [-0.05, 0) is 31.7 Å². The van der Waals surface area contributed by atoms with Crippen LogP contribution in [0.2, 0.25) is 0 Å². The summed E-state index contributed by atoms with van der Waals surface area (Å²) in [6.45, 7) is 1.89. The van der Waals surface area contributed by atoms with E-state index in [1.165, 1.54) is 12.1 Å². The van der Waals surface area contributed by atoms with Crippen LogP contribution in [-0.4, -0.2) is 7.05 Å². The van der Waals surface area contributed by atoms with Crippen LogP contribution in [0.1, 0.15) is 24.1 Å². The fraction of sp³-hybridized carbons (Fsp3) is 0.400. The molecule has 1 N–H and O–H groups in total. The van der Waals surface area contributed by atoms with Gasteiger partial charge in [-0.2, -0.15) is 13.2 Å². The Morgan fingerprint density at radius 3 is 2.00 bits per heavy atom. The molecule has 1 unspecified atom stereocenters. The average molecular weight is 203 g/mol. The van der Waals surface area contributed by atoms with Crippen LogP contribution in [0.25, 0.3) is 0 Å². The molecule has 0 fully saturated rings. The lowest BCUT2D eigenvalue weighted by molar-refractivity contribution is -0.137. The third-order valence-electron chi connectivity index (χ3n) is 2.17. The maximum atomic E-state index is 12.2. The van der Waals surface area contributed by atoms with Crippen LogP contribution in [-0.2, 0) is 6.18 Å². The summed E-state index contributed by atoms with van der Waals surface area (Å²) in [5.41, 5.74) is 0.241. The molecule has 0 amide bonds. The van der Waals surface area contributed by atoms with Crippen LogP contribution < -0.4 is 5.32 Å². The van der Waals surface area contributed by atoms with Gasteiger partial charge in [-0.1, -0.05) is 12.1 Å². The highest BCUT2D eigenvalue weighted by molar-refractivity contribution is 5.26. The minimum atomic E-state index is -4.25. The van der Waals surface area contributed by atoms with E-state index in [1.54, 1.807) is 7.05 Å². The van der Waals surface area contributed by atoms with Crippen molar-refractivity contribution in [2.45, 2.75) is 19.1 Å². The van der Waals surface area contributed by atoms with Gasteiger partial charge in [-0.15, -0.1) is 0 Å². The third-order valence-corrected chi connectivity index (χ3v) is 2.17. The molecule has 0 radical (unpaired) electrons. The standard InChI is InChI=1S/C10H12F3N/c1-7(14-2)8-3-5-9(6-4-8)10(11,12)13/h3-7,14H,1-2H3. The van der Waals surface area contributed by atoms with Gasteiger partial charge in [-0.25, -0.2) is 0 Å². The second kappa shape index (κ2) is 4.00. The average Bonchev–Trinajstić information content (AvgIpc) is 2.15. The normalized spacial score (nSPS) is 14.1. The van der Waals surface area contributed by atoms with Crippen molar-refractivity contribution >= 4 is 0 Å². The van der Waals surface area contributed by atoms with E-state index >= 15 is 0 Å². The molecule has 0 spiro atoms. The number of nitrogens with one attached hydrogen (secondary N) is 1. The van der Waals surface area contributed by atoms with Gasteiger partial charge < -0.3 is 5.32 Å². The van der Waals surface area contributed by atoms with Crippen LogP contribution in [0.15, 0.2) is 24.3 Å². The Bertz CT molecular complexity index is 289. The van der Waals surface area contributed by atoms with Crippen molar-refractivity contribution in [3.05, 3.63) is 35.4 Å². The van der Waals surface area contributed by atoms with E-state index in [-0.39, 0.29) is 6.04 Å². The Kier molecular flexibility index (Phi) is 3.16. The summed E-state index contributed by atoms with van der Waals surface area (Å²) in [7, 11) is 1.77. The van der Waals surface area contributed by atoms with E-state index in [2.05, 4.69) is 5.32 Å². The molecule has 1 aromatic carbocycles. The predicted octanol–water partition coefficient (Wildman–Crippen LogP) is 2.99. The summed E-state index contributed by atoms with van der Waals surface area (Å²) < 4.78 is 36.6. The quantitative estimate of drug-likeness (QED) is 0.779. The van der Waals surface area contributed by atoms with E-state index < -0.39 is 11.7 Å². The zero-order valence-electron chi connectivity index (χ0n) is 8.02. The maximum Gasteiger partial charge on any atom is 0.416 e. The predicted molar refractivity (Wildman–Crippen MR) is 48.9 cm³/mol. The summed E-state index contributed by atoms with van der Waals surface area (Å²) >= 11 is 0. The molecule has 4 heteroatoms. The number of halogens is 3. The van der Waals surface area contributed by atoms with Crippen LogP contribution in [0, 0.1) is 0 Å². The summed E-state index contributed by atoms with van der Waals surface area (Å²) in [5.74, 6) is 0. The zero-order valence-corrected chi connectivity index (χ0v) is 8.02. The first-order valence-corrected chi connectivity index (χ1v) is 4.29. The van der Waals surface area contributed by atoms with Crippen molar-refractivity contribution in [3.63, 3.8) is 0 Å². The molecular formula is C10H12F3N. The zero-order chi connectivity index (χ0) is 10.8. The lowest BCUT2D eigenvalue weighted by Crippen LogP contribution is -2.12. The highest BCUT2D eigenvalue weighted by Crippen LogP contribution is 2.29. The fourth-order valence-electron chi connectivity index (χ4n) is 1.13. The topological polar surface area (TPSA) is 12.0 Å². The third kappa shape index (κ3) is 2.48. The van der Waals surface area contributed by atoms with E-state index in [4.69, 9.17) is 0 Å². The summed E-state index contributed by atoms with van der Waals surface area (Å²) in [6, 6.07) is 5.25. The Morgan fingerprint density at radius 1 is 1.14 bits per heavy atom. The summed E-state index contributed by atoms with van der Waals surface area (Å²) in [5, 5.41) is 2.96. The molecule has 0 aromatic heterocycles. The van der Waals surface area contributed by atoms with Crippen molar-refractivity contribution in [2.75, 3.05) is 7.05 Å². The van der Waals surface area contributed by atoms with Gasteiger partial charge in [0.1, 0.15) is 0 Å². The van der Waals surface area contributed by atoms with Gasteiger partial charge in [0.2, 0.25) is 0 Å². The molecule has 0 saturated heterocycles. The SMILES string of the molecule is CNC(C)c1ccc(C(F)(F)F)cc1. The lowest BCUT2D eigenvalue weighted by atomic mass is 10.1. The van der Waals surface area contributed by atoms with E-state index in [0.717, 1.165) is 17.7 Å². The first-order chi connectivity index (χ1) is 6.45. The van der Waals surface area contributed by atoms with Gasteiger partial charge in [0.05, 0.1) is 5.56 Å². The van der Waals surface area contributed by atoms with Crippen LogP contribution in [0.5, 0.6) is 0 Å². The number of benzene rings is 1. The Labute approximate surface area is 80.9 Å². The van der Waals surface area contributed by atoms with Gasteiger partial charge >= 0.3 is 6.18 Å². The second-order valence-corrected chi connectivity index (χ2v) is 3.13. The van der Waals surface area contributed by atoms with Gasteiger partial charge in [0.15, 0.2) is 0 Å².